The Morgan fingerprint density at radius 2 is 1.89 bits per heavy atom. The summed E-state index contributed by atoms with van der Waals surface area (Å²) in [6.07, 6.45) is 2.14. The number of benzene rings is 1. The summed E-state index contributed by atoms with van der Waals surface area (Å²) in [6, 6.07) is 6.95. The zero-order valence-corrected chi connectivity index (χ0v) is 16.9. The van der Waals surface area contributed by atoms with Crippen molar-refractivity contribution in [1.29, 1.82) is 0 Å². The smallest absolute Gasteiger partial charge is 0.251 e. The molecule has 2 amide bonds. The van der Waals surface area contributed by atoms with Crippen LogP contribution in [0, 0.1) is 5.92 Å². The van der Waals surface area contributed by atoms with Crippen LogP contribution in [0.25, 0.3) is 0 Å². The van der Waals surface area contributed by atoms with E-state index in [1.165, 1.54) is 0 Å². The molecular weight excluding hydrogens is 366 g/mol. The molecule has 0 aromatic heterocycles. The van der Waals surface area contributed by atoms with Crippen molar-refractivity contribution in [2.24, 2.45) is 5.92 Å². The van der Waals surface area contributed by atoms with Gasteiger partial charge in [0.25, 0.3) is 5.91 Å². The van der Waals surface area contributed by atoms with E-state index in [2.05, 4.69) is 29.4 Å². The van der Waals surface area contributed by atoms with Crippen LogP contribution in [0.4, 0.5) is 0 Å². The van der Waals surface area contributed by atoms with E-state index >= 15 is 0 Å². The molecule has 2 rings (SSSR count). The molecule has 27 heavy (non-hydrogen) atoms. The Bertz CT molecular complexity index is 616. The van der Waals surface area contributed by atoms with Gasteiger partial charge in [-0.1, -0.05) is 44.4 Å². The van der Waals surface area contributed by atoms with Crippen LogP contribution in [-0.2, 0) is 9.53 Å². The van der Waals surface area contributed by atoms with Gasteiger partial charge in [0.05, 0.1) is 19.8 Å². The maximum atomic E-state index is 12.2. The minimum Gasteiger partial charge on any atom is -0.379 e. The zero-order valence-electron chi connectivity index (χ0n) is 16.2. The summed E-state index contributed by atoms with van der Waals surface area (Å²) in [5, 5.41) is 6.12. The molecule has 0 bridgehead atoms. The molecule has 1 fully saturated rings. The summed E-state index contributed by atoms with van der Waals surface area (Å²) in [7, 11) is 0. The summed E-state index contributed by atoms with van der Waals surface area (Å²) in [5.41, 5.74) is 0.443. The molecule has 1 aromatic carbocycles. The fraction of sp³-hybridized carbons (Fsp3) is 0.600. The van der Waals surface area contributed by atoms with E-state index < -0.39 is 0 Å². The number of amides is 2. The Kier molecular flexibility index (Phi) is 9.04. The van der Waals surface area contributed by atoms with Gasteiger partial charge in [0, 0.05) is 36.3 Å². The van der Waals surface area contributed by atoms with Gasteiger partial charge in [-0.05, 0) is 24.1 Å². The van der Waals surface area contributed by atoms with Crippen molar-refractivity contribution in [3.05, 3.63) is 34.9 Å². The number of carbonyl (C=O) groups excluding carboxylic acids is 2. The van der Waals surface area contributed by atoms with E-state index in [1.54, 1.807) is 24.3 Å². The van der Waals surface area contributed by atoms with Crippen molar-refractivity contribution >= 4 is 23.4 Å². The van der Waals surface area contributed by atoms with Gasteiger partial charge in [-0.3, -0.25) is 14.5 Å². The summed E-state index contributed by atoms with van der Waals surface area (Å²) in [4.78, 5) is 26.8. The third-order valence-corrected chi connectivity index (χ3v) is 5.35. The van der Waals surface area contributed by atoms with Crippen LogP contribution >= 0.6 is 11.6 Å². The maximum Gasteiger partial charge on any atom is 0.251 e. The van der Waals surface area contributed by atoms with E-state index in [9.17, 15) is 9.59 Å². The second kappa shape index (κ2) is 11.3. The fourth-order valence-electron chi connectivity index (χ4n) is 3.51. The average molecular weight is 396 g/mol. The number of carbonyl (C=O) groups is 2. The first-order valence-electron chi connectivity index (χ1n) is 9.67. The molecule has 0 radical (unpaired) electrons. The van der Waals surface area contributed by atoms with Gasteiger partial charge in [0.15, 0.2) is 0 Å². The number of nitrogens with zero attached hydrogens (tertiary/aromatic N) is 1. The van der Waals surface area contributed by atoms with Crippen molar-refractivity contribution in [3.8, 4) is 0 Å². The minimum atomic E-state index is -0.308. The molecule has 0 spiro atoms. The average Bonchev–Trinajstić information content (AvgIpc) is 2.70. The van der Waals surface area contributed by atoms with Crippen LogP contribution in [0.1, 0.15) is 37.0 Å². The van der Waals surface area contributed by atoms with Gasteiger partial charge >= 0.3 is 0 Å². The summed E-state index contributed by atoms with van der Waals surface area (Å²) < 4.78 is 5.45. The van der Waals surface area contributed by atoms with Gasteiger partial charge in [0.2, 0.25) is 5.91 Å². The number of halogens is 1. The molecule has 1 atom stereocenters. The molecule has 1 aliphatic heterocycles. The summed E-state index contributed by atoms with van der Waals surface area (Å²) in [5.74, 6) is 0.0245. The summed E-state index contributed by atoms with van der Waals surface area (Å²) >= 11 is 5.89. The van der Waals surface area contributed by atoms with Crippen LogP contribution in [0.5, 0.6) is 0 Å². The molecule has 6 nitrogen and oxygen atoms in total. The lowest BCUT2D eigenvalue weighted by atomic mass is 9.92. The van der Waals surface area contributed by atoms with Gasteiger partial charge in [0.1, 0.15) is 0 Å². The molecule has 1 aliphatic rings. The van der Waals surface area contributed by atoms with Gasteiger partial charge in [-0.25, -0.2) is 0 Å². The lowest BCUT2D eigenvalue weighted by Gasteiger charge is -2.38. The van der Waals surface area contributed by atoms with Crippen LogP contribution in [0.3, 0.4) is 0 Å². The zero-order chi connectivity index (χ0) is 19.6. The van der Waals surface area contributed by atoms with E-state index in [0.717, 1.165) is 39.1 Å². The molecule has 2 N–H and O–H groups in total. The second-order valence-electron chi connectivity index (χ2n) is 6.79. The monoisotopic (exact) mass is 395 g/mol. The Hall–Kier alpha value is -1.63. The highest BCUT2D eigenvalue weighted by Gasteiger charge is 2.27. The predicted molar refractivity (Wildman–Crippen MR) is 107 cm³/mol. The largest absolute Gasteiger partial charge is 0.379 e. The van der Waals surface area contributed by atoms with Gasteiger partial charge in [-0.2, -0.15) is 0 Å². The highest BCUT2D eigenvalue weighted by atomic mass is 35.5. The predicted octanol–water partition coefficient (Wildman–Crippen LogP) is 2.32. The molecule has 1 heterocycles. The second-order valence-corrected chi connectivity index (χ2v) is 7.23. The molecular formula is C20H30ClN3O3. The SMILES string of the molecule is CCC(CC)C(CNC(=O)CNC(=O)c1cccc(Cl)c1)N1CCOCC1. The lowest BCUT2D eigenvalue weighted by molar-refractivity contribution is -0.120. The number of rotatable bonds is 9. The van der Waals surface area contributed by atoms with E-state index in [1.807, 2.05) is 0 Å². The minimum absolute atomic E-state index is 0.0515. The number of hydrogen-bond acceptors (Lipinski definition) is 4. The van der Waals surface area contributed by atoms with Crippen molar-refractivity contribution in [3.63, 3.8) is 0 Å². The first kappa shape index (κ1) is 21.7. The quantitative estimate of drug-likeness (QED) is 0.673. The van der Waals surface area contributed by atoms with E-state index in [0.29, 0.717) is 23.0 Å². The number of ether oxygens (including phenoxy) is 1. The van der Waals surface area contributed by atoms with Crippen molar-refractivity contribution in [2.45, 2.75) is 32.7 Å². The van der Waals surface area contributed by atoms with Gasteiger partial charge in [-0.15, -0.1) is 0 Å². The van der Waals surface area contributed by atoms with Crippen LogP contribution in [-0.4, -0.2) is 62.1 Å². The highest BCUT2D eigenvalue weighted by molar-refractivity contribution is 6.30. The number of nitrogens with one attached hydrogen (secondary N) is 2. The Balaban J connectivity index is 1.84. The normalized spacial score (nSPS) is 16.1. The Morgan fingerprint density at radius 3 is 2.52 bits per heavy atom. The fourth-order valence-corrected chi connectivity index (χ4v) is 3.70. The van der Waals surface area contributed by atoms with E-state index in [4.69, 9.17) is 16.3 Å². The Morgan fingerprint density at radius 1 is 1.19 bits per heavy atom. The maximum absolute atomic E-state index is 12.2. The molecule has 1 unspecified atom stereocenters. The number of hydrogen-bond donors (Lipinski definition) is 2. The Labute approximate surface area is 166 Å². The van der Waals surface area contributed by atoms with Crippen molar-refractivity contribution in [2.75, 3.05) is 39.4 Å². The lowest BCUT2D eigenvalue weighted by Crippen LogP contribution is -2.52. The molecule has 150 valence electrons. The molecule has 1 aromatic rings. The molecule has 0 aliphatic carbocycles. The topological polar surface area (TPSA) is 70.7 Å². The highest BCUT2D eigenvalue weighted by Crippen LogP contribution is 2.19. The third-order valence-electron chi connectivity index (χ3n) is 5.11. The van der Waals surface area contributed by atoms with Crippen LogP contribution < -0.4 is 10.6 Å². The molecule has 0 saturated carbocycles. The molecule has 7 heteroatoms. The van der Waals surface area contributed by atoms with Crippen LogP contribution in [0.2, 0.25) is 5.02 Å². The van der Waals surface area contributed by atoms with Crippen molar-refractivity contribution in [1.82, 2.24) is 15.5 Å². The standard InChI is InChI=1S/C20H30ClN3O3/c1-3-15(4-2)18(24-8-10-27-11-9-24)13-22-19(25)14-23-20(26)16-6-5-7-17(21)12-16/h5-7,12,15,18H,3-4,8-11,13-14H2,1-2H3,(H,22,25)(H,23,26). The van der Waals surface area contributed by atoms with Crippen molar-refractivity contribution < 1.29 is 14.3 Å². The van der Waals surface area contributed by atoms with Crippen LogP contribution in [0.15, 0.2) is 24.3 Å². The first-order valence-corrected chi connectivity index (χ1v) is 10.0. The van der Waals surface area contributed by atoms with Gasteiger partial charge < -0.3 is 15.4 Å². The van der Waals surface area contributed by atoms with E-state index in [-0.39, 0.29) is 24.4 Å². The first-order chi connectivity index (χ1) is 13.0. The number of morpholine rings is 1. The summed E-state index contributed by atoms with van der Waals surface area (Å²) in [6.45, 7) is 8.16. The third kappa shape index (κ3) is 6.79. The molecule has 1 saturated heterocycles.